The van der Waals surface area contributed by atoms with Crippen LogP contribution in [0.5, 0.6) is 0 Å². The third-order valence-corrected chi connectivity index (χ3v) is 4.11. The molecule has 0 bridgehead atoms. The molecule has 0 spiro atoms. The Labute approximate surface area is 111 Å². The van der Waals surface area contributed by atoms with Gasteiger partial charge in [0.05, 0.1) is 11.7 Å². The Bertz CT molecular complexity index is 726. The summed E-state index contributed by atoms with van der Waals surface area (Å²) in [4.78, 5) is 14.5. The predicted octanol–water partition coefficient (Wildman–Crippen LogP) is 2.02. The zero-order chi connectivity index (χ0) is 12.8. The number of imidazole rings is 1. The van der Waals surface area contributed by atoms with Crippen LogP contribution >= 0.6 is 0 Å². The molecule has 98 valence electrons. The van der Waals surface area contributed by atoms with Crippen LogP contribution in [0, 0.1) is 0 Å². The van der Waals surface area contributed by atoms with Gasteiger partial charge in [0.25, 0.3) is 0 Å². The van der Waals surface area contributed by atoms with Gasteiger partial charge in [-0.1, -0.05) is 0 Å². The number of rotatable bonds is 1. The quantitative estimate of drug-likeness (QED) is 0.723. The van der Waals surface area contributed by atoms with Gasteiger partial charge < -0.3 is 9.88 Å². The third-order valence-electron chi connectivity index (χ3n) is 4.11. The summed E-state index contributed by atoms with van der Waals surface area (Å²) in [5, 5.41) is 0. The van der Waals surface area contributed by atoms with Crippen LogP contribution in [0.15, 0.2) is 24.7 Å². The van der Waals surface area contributed by atoms with Gasteiger partial charge in [-0.3, -0.25) is 4.40 Å². The summed E-state index contributed by atoms with van der Waals surface area (Å²) < 4.78 is 2.25. The van der Waals surface area contributed by atoms with E-state index in [1.54, 1.807) is 0 Å². The molecule has 1 N–H and O–H groups in total. The molecular weight excluding hydrogens is 238 g/mol. The van der Waals surface area contributed by atoms with Crippen molar-refractivity contribution in [3.05, 3.63) is 30.4 Å². The average Bonchev–Trinajstić information content (AvgIpc) is 3.04. The Morgan fingerprint density at radius 2 is 2.26 bits per heavy atom. The Hall–Kier alpha value is -1.88. The molecule has 0 aromatic carbocycles. The second-order valence-electron chi connectivity index (χ2n) is 5.45. The fraction of sp³-hybridized carbons (Fsp3) is 0.429. The van der Waals surface area contributed by atoms with E-state index in [0.29, 0.717) is 5.92 Å². The fourth-order valence-corrected chi connectivity index (χ4v) is 3.19. The molecule has 5 nitrogen and oxygen atoms in total. The van der Waals surface area contributed by atoms with Crippen LogP contribution in [-0.4, -0.2) is 44.4 Å². The van der Waals surface area contributed by atoms with Crippen molar-refractivity contribution < 1.29 is 0 Å². The van der Waals surface area contributed by atoms with E-state index >= 15 is 0 Å². The summed E-state index contributed by atoms with van der Waals surface area (Å²) in [6.45, 7) is 2.32. The number of nitrogens with zero attached hydrogens (tertiary/aromatic N) is 4. The number of piperidine rings is 1. The molecule has 1 fully saturated rings. The van der Waals surface area contributed by atoms with Gasteiger partial charge in [0, 0.05) is 30.6 Å². The molecule has 4 rings (SSSR count). The second kappa shape index (κ2) is 4.06. The van der Waals surface area contributed by atoms with E-state index in [1.165, 1.54) is 25.1 Å². The lowest BCUT2D eigenvalue weighted by atomic mass is 9.95. The van der Waals surface area contributed by atoms with Crippen molar-refractivity contribution in [3.63, 3.8) is 0 Å². The summed E-state index contributed by atoms with van der Waals surface area (Å²) >= 11 is 0. The van der Waals surface area contributed by atoms with Crippen molar-refractivity contribution in [1.82, 2.24) is 24.3 Å². The van der Waals surface area contributed by atoms with Gasteiger partial charge in [0.1, 0.15) is 0 Å². The molecule has 5 heteroatoms. The number of aromatic amines is 1. The van der Waals surface area contributed by atoms with Crippen LogP contribution in [-0.2, 0) is 0 Å². The predicted molar refractivity (Wildman–Crippen MR) is 74.3 cm³/mol. The Kier molecular flexibility index (Phi) is 2.35. The maximum absolute atomic E-state index is 4.52. The zero-order valence-corrected chi connectivity index (χ0v) is 11.0. The number of likely N-dealkylation sites (N-methyl/N-ethyl adjacent to an activating group) is 1. The first-order valence-electron chi connectivity index (χ1n) is 6.81. The molecule has 0 aliphatic carbocycles. The largest absolute Gasteiger partial charge is 0.345 e. The minimum absolute atomic E-state index is 0.564. The van der Waals surface area contributed by atoms with E-state index in [9.17, 15) is 0 Å². The van der Waals surface area contributed by atoms with Crippen LogP contribution in [0.2, 0.25) is 0 Å². The fourth-order valence-electron chi connectivity index (χ4n) is 3.19. The minimum Gasteiger partial charge on any atom is -0.345 e. The molecule has 1 aliphatic rings. The number of nitrogens with one attached hydrogen (secondary N) is 1. The third kappa shape index (κ3) is 1.65. The molecule has 19 heavy (non-hydrogen) atoms. The number of aromatic nitrogens is 4. The molecule has 3 aromatic heterocycles. The highest BCUT2D eigenvalue weighted by Gasteiger charge is 2.22. The van der Waals surface area contributed by atoms with Crippen molar-refractivity contribution in [3.8, 4) is 0 Å². The van der Waals surface area contributed by atoms with Gasteiger partial charge in [0.15, 0.2) is 11.3 Å². The maximum atomic E-state index is 4.52. The molecule has 0 amide bonds. The summed E-state index contributed by atoms with van der Waals surface area (Å²) in [7, 11) is 2.20. The molecule has 1 unspecified atom stereocenters. The lowest BCUT2D eigenvalue weighted by molar-refractivity contribution is 0.248. The maximum Gasteiger partial charge on any atom is 0.156 e. The van der Waals surface area contributed by atoms with Crippen LogP contribution in [0.25, 0.3) is 16.8 Å². The summed E-state index contributed by atoms with van der Waals surface area (Å²) in [6, 6.07) is 2.08. The van der Waals surface area contributed by atoms with Crippen molar-refractivity contribution in [2.45, 2.75) is 18.8 Å². The molecule has 4 heterocycles. The standard InChI is InChI=1S/C14H17N5/c1-18-6-2-3-10(9-18)12-7-16-13-8-17-14-11(19(12)13)4-5-15-14/h4-5,7-8,10,15H,2-3,6,9H2,1H3. The van der Waals surface area contributed by atoms with Crippen LogP contribution in [0.3, 0.4) is 0 Å². The van der Waals surface area contributed by atoms with Gasteiger partial charge in [0.2, 0.25) is 0 Å². The number of H-pyrrole nitrogens is 1. The topological polar surface area (TPSA) is 49.2 Å². The summed E-state index contributed by atoms with van der Waals surface area (Å²) in [5.74, 6) is 0.564. The van der Waals surface area contributed by atoms with E-state index in [2.05, 4.69) is 37.4 Å². The zero-order valence-electron chi connectivity index (χ0n) is 11.0. The smallest absolute Gasteiger partial charge is 0.156 e. The van der Waals surface area contributed by atoms with Gasteiger partial charge in [-0.2, -0.15) is 0 Å². The van der Waals surface area contributed by atoms with Crippen LogP contribution in [0.4, 0.5) is 0 Å². The van der Waals surface area contributed by atoms with Gasteiger partial charge in [-0.05, 0) is 32.5 Å². The normalized spacial score (nSPS) is 21.4. The highest BCUT2D eigenvalue weighted by Crippen LogP contribution is 2.28. The summed E-state index contributed by atoms with van der Waals surface area (Å²) in [5.41, 5.74) is 4.30. The molecule has 1 atom stereocenters. The molecule has 1 saturated heterocycles. The average molecular weight is 255 g/mol. The molecule has 3 aromatic rings. The first-order chi connectivity index (χ1) is 9.33. The van der Waals surface area contributed by atoms with E-state index in [0.717, 1.165) is 23.4 Å². The lowest BCUT2D eigenvalue weighted by Crippen LogP contribution is -2.31. The van der Waals surface area contributed by atoms with E-state index in [-0.39, 0.29) is 0 Å². The van der Waals surface area contributed by atoms with E-state index < -0.39 is 0 Å². The van der Waals surface area contributed by atoms with Gasteiger partial charge in [-0.25, -0.2) is 9.97 Å². The molecule has 0 radical (unpaired) electrons. The molecular formula is C14H17N5. The highest BCUT2D eigenvalue weighted by molar-refractivity contribution is 5.74. The Morgan fingerprint density at radius 1 is 1.32 bits per heavy atom. The van der Waals surface area contributed by atoms with E-state index in [1.807, 2.05) is 18.6 Å². The van der Waals surface area contributed by atoms with Gasteiger partial charge >= 0.3 is 0 Å². The van der Waals surface area contributed by atoms with Crippen LogP contribution in [0.1, 0.15) is 24.5 Å². The Morgan fingerprint density at radius 3 is 3.16 bits per heavy atom. The number of likely N-dealkylation sites (tertiary alicyclic amines) is 1. The van der Waals surface area contributed by atoms with Crippen molar-refractivity contribution >= 4 is 16.8 Å². The van der Waals surface area contributed by atoms with Crippen molar-refractivity contribution in [1.29, 1.82) is 0 Å². The van der Waals surface area contributed by atoms with Crippen molar-refractivity contribution in [2.24, 2.45) is 0 Å². The van der Waals surface area contributed by atoms with E-state index in [4.69, 9.17) is 0 Å². The minimum atomic E-state index is 0.564. The first-order valence-corrected chi connectivity index (χ1v) is 6.81. The first kappa shape index (κ1) is 11.0. The van der Waals surface area contributed by atoms with Crippen LogP contribution < -0.4 is 0 Å². The molecule has 1 aliphatic heterocycles. The summed E-state index contributed by atoms with van der Waals surface area (Å²) in [6.07, 6.45) is 8.30. The number of hydrogen-bond donors (Lipinski definition) is 1. The van der Waals surface area contributed by atoms with Gasteiger partial charge in [-0.15, -0.1) is 0 Å². The lowest BCUT2D eigenvalue weighted by Gasteiger charge is -2.29. The monoisotopic (exact) mass is 255 g/mol. The second-order valence-corrected chi connectivity index (χ2v) is 5.45. The SMILES string of the molecule is CN1CCCC(c2cnc3cnc4[nH]ccc4n23)C1. The highest BCUT2D eigenvalue weighted by atomic mass is 15.1. The Balaban J connectivity index is 1.91. The van der Waals surface area contributed by atoms with Crippen molar-refractivity contribution in [2.75, 3.05) is 20.1 Å². The number of hydrogen-bond acceptors (Lipinski definition) is 3. The number of fused-ring (bicyclic) bond motifs is 3. The molecule has 0 saturated carbocycles.